The lowest BCUT2D eigenvalue weighted by molar-refractivity contribution is -0.120. The number of alkyl carbamates (subject to hydrolysis) is 1. The van der Waals surface area contributed by atoms with Crippen LogP contribution >= 0.6 is 0 Å². The van der Waals surface area contributed by atoms with E-state index in [1.165, 1.54) is 0 Å². The van der Waals surface area contributed by atoms with E-state index in [-0.39, 0.29) is 31.2 Å². The zero-order valence-electron chi connectivity index (χ0n) is 13.9. The topological polar surface area (TPSA) is 87.7 Å². The van der Waals surface area contributed by atoms with Crippen molar-refractivity contribution in [1.29, 1.82) is 0 Å². The smallest absolute Gasteiger partial charge is 0.407 e. The van der Waals surface area contributed by atoms with Crippen LogP contribution in [0.15, 0.2) is 54.6 Å². The Labute approximate surface area is 146 Å². The normalized spacial score (nSPS) is 10.1. The van der Waals surface area contributed by atoms with E-state index in [4.69, 9.17) is 4.74 Å². The summed E-state index contributed by atoms with van der Waals surface area (Å²) in [5.41, 5.74) is 1.94. The molecule has 0 fully saturated rings. The lowest BCUT2D eigenvalue weighted by Crippen LogP contribution is -2.31. The highest BCUT2D eigenvalue weighted by Crippen LogP contribution is 2.09. The zero-order valence-corrected chi connectivity index (χ0v) is 13.9. The SMILES string of the molecule is O=C(CCNC(=O)OCc1ccccc1)NCCc1ccc(O)cc1. The number of carbonyl (C=O) groups excluding carboxylic acids is 2. The van der Waals surface area contributed by atoms with Crippen LogP contribution in [-0.4, -0.2) is 30.2 Å². The number of nitrogens with one attached hydrogen (secondary N) is 2. The number of hydrogen-bond acceptors (Lipinski definition) is 4. The predicted molar refractivity (Wildman–Crippen MR) is 94.1 cm³/mol. The molecule has 0 aliphatic rings. The van der Waals surface area contributed by atoms with Crippen molar-refractivity contribution in [3.05, 3.63) is 65.7 Å². The van der Waals surface area contributed by atoms with Gasteiger partial charge in [-0.2, -0.15) is 0 Å². The molecule has 0 radical (unpaired) electrons. The van der Waals surface area contributed by atoms with E-state index in [0.29, 0.717) is 13.0 Å². The summed E-state index contributed by atoms with van der Waals surface area (Å²) in [6.07, 6.45) is 0.329. The van der Waals surface area contributed by atoms with E-state index < -0.39 is 6.09 Å². The third-order valence-electron chi connectivity index (χ3n) is 3.51. The van der Waals surface area contributed by atoms with Gasteiger partial charge in [-0.25, -0.2) is 4.79 Å². The van der Waals surface area contributed by atoms with Crippen LogP contribution in [0.3, 0.4) is 0 Å². The fourth-order valence-corrected chi connectivity index (χ4v) is 2.15. The van der Waals surface area contributed by atoms with Crippen molar-refractivity contribution in [2.24, 2.45) is 0 Å². The summed E-state index contributed by atoms with van der Waals surface area (Å²) in [7, 11) is 0. The molecule has 0 heterocycles. The molecule has 0 aromatic heterocycles. The first-order valence-electron chi connectivity index (χ1n) is 8.12. The van der Waals surface area contributed by atoms with Gasteiger partial charge in [0.1, 0.15) is 12.4 Å². The molecule has 132 valence electrons. The highest BCUT2D eigenvalue weighted by Gasteiger charge is 2.05. The molecule has 0 aliphatic carbocycles. The molecule has 6 nitrogen and oxygen atoms in total. The molecule has 2 rings (SSSR count). The van der Waals surface area contributed by atoms with Gasteiger partial charge < -0.3 is 20.5 Å². The maximum atomic E-state index is 11.7. The molecule has 0 saturated carbocycles. The number of aromatic hydroxyl groups is 1. The van der Waals surface area contributed by atoms with Crippen molar-refractivity contribution < 1.29 is 19.4 Å². The highest BCUT2D eigenvalue weighted by atomic mass is 16.5. The van der Waals surface area contributed by atoms with E-state index in [0.717, 1.165) is 11.1 Å². The summed E-state index contributed by atoms with van der Waals surface area (Å²) >= 11 is 0. The van der Waals surface area contributed by atoms with Gasteiger partial charge in [-0.05, 0) is 29.7 Å². The maximum absolute atomic E-state index is 11.7. The number of hydrogen-bond donors (Lipinski definition) is 3. The van der Waals surface area contributed by atoms with Gasteiger partial charge in [-0.3, -0.25) is 4.79 Å². The van der Waals surface area contributed by atoms with Crippen molar-refractivity contribution in [1.82, 2.24) is 10.6 Å². The second kappa shape index (κ2) is 9.97. The summed E-state index contributed by atoms with van der Waals surface area (Å²) in [6.45, 7) is 0.923. The average Bonchev–Trinajstić information content (AvgIpc) is 2.62. The van der Waals surface area contributed by atoms with Crippen LogP contribution < -0.4 is 10.6 Å². The molecule has 0 atom stereocenters. The molecule has 0 aliphatic heterocycles. The van der Waals surface area contributed by atoms with Crippen LogP contribution in [0.4, 0.5) is 4.79 Å². The number of phenols is 1. The molecule has 2 aromatic rings. The Kier molecular flexibility index (Phi) is 7.31. The molecule has 0 saturated heterocycles. The van der Waals surface area contributed by atoms with Gasteiger partial charge in [0, 0.05) is 19.5 Å². The summed E-state index contributed by atoms with van der Waals surface area (Å²) in [5, 5.41) is 14.5. The fourth-order valence-electron chi connectivity index (χ4n) is 2.15. The van der Waals surface area contributed by atoms with Gasteiger partial charge in [0.25, 0.3) is 0 Å². The van der Waals surface area contributed by atoms with Gasteiger partial charge in [0.05, 0.1) is 0 Å². The van der Waals surface area contributed by atoms with E-state index in [1.807, 2.05) is 42.5 Å². The minimum absolute atomic E-state index is 0.137. The van der Waals surface area contributed by atoms with Crippen LogP contribution in [-0.2, 0) is 22.6 Å². The molecular formula is C19H22N2O4. The molecular weight excluding hydrogens is 320 g/mol. The van der Waals surface area contributed by atoms with Gasteiger partial charge in [0.2, 0.25) is 5.91 Å². The quantitative estimate of drug-likeness (QED) is 0.687. The summed E-state index contributed by atoms with van der Waals surface area (Å²) in [6, 6.07) is 16.2. The molecule has 2 amide bonds. The first-order chi connectivity index (χ1) is 12.1. The molecule has 0 spiro atoms. The van der Waals surface area contributed by atoms with E-state index >= 15 is 0 Å². The zero-order chi connectivity index (χ0) is 17.9. The average molecular weight is 342 g/mol. The Morgan fingerprint density at radius 3 is 2.32 bits per heavy atom. The first kappa shape index (κ1) is 18.3. The number of amides is 2. The number of carbonyl (C=O) groups is 2. The van der Waals surface area contributed by atoms with Gasteiger partial charge in [-0.1, -0.05) is 42.5 Å². The molecule has 3 N–H and O–H groups in total. The maximum Gasteiger partial charge on any atom is 0.407 e. The number of ether oxygens (including phenoxy) is 1. The molecule has 0 unspecified atom stereocenters. The van der Waals surface area contributed by atoms with Crippen LogP contribution in [0.25, 0.3) is 0 Å². The van der Waals surface area contributed by atoms with Crippen molar-refractivity contribution >= 4 is 12.0 Å². The van der Waals surface area contributed by atoms with Crippen molar-refractivity contribution in [2.45, 2.75) is 19.4 Å². The Morgan fingerprint density at radius 2 is 1.60 bits per heavy atom. The lowest BCUT2D eigenvalue weighted by Gasteiger charge is -2.08. The third kappa shape index (κ3) is 7.39. The molecule has 0 bridgehead atoms. The monoisotopic (exact) mass is 342 g/mol. The van der Waals surface area contributed by atoms with Gasteiger partial charge in [0.15, 0.2) is 0 Å². The molecule has 2 aromatic carbocycles. The largest absolute Gasteiger partial charge is 0.508 e. The highest BCUT2D eigenvalue weighted by molar-refractivity contribution is 5.77. The predicted octanol–water partition coefficient (Wildman–Crippen LogP) is 2.37. The van der Waals surface area contributed by atoms with Crippen LogP contribution in [0.2, 0.25) is 0 Å². The number of rotatable bonds is 8. The Balaban J connectivity index is 1.54. The van der Waals surface area contributed by atoms with Crippen LogP contribution in [0.5, 0.6) is 5.75 Å². The fraction of sp³-hybridized carbons (Fsp3) is 0.263. The minimum atomic E-state index is -0.541. The Bertz CT molecular complexity index is 672. The second-order valence-electron chi connectivity index (χ2n) is 5.50. The Morgan fingerprint density at radius 1 is 0.880 bits per heavy atom. The summed E-state index contributed by atoms with van der Waals surface area (Å²) in [4.78, 5) is 23.2. The lowest BCUT2D eigenvalue weighted by atomic mass is 10.1. The van der Waals surface area contributed by atoms with Gasteiger partial charge >= 0.3 is 6.09 Å². The van der Waals surface area contributed by atoms with Crippen LogP contribution in [0, 0.1) is 0 Å². The first-order valence-corrected chi connectivity index (χ1v) is 8.12. The third-order valence-corrected chi connectivity index (χ3v) is 3.51. The van der Waals surface area contributed by atoms with Crippen molar-refractivity contribution in [3.63, 3.8) is 0 Å². The van der Waals surface area contributed by atoms with Crippen molar-refractivity contribution in [2.75, 3.05) is 13.1 Å². The summed E-state index contributed by atoms with van der Waals surface area (Å²) in [5.74, 6) is 0.0835. The van der Waals surface area contributed by atoms with E-state index in [1.54, 1.807) is 12.1 Å². The number of phenolic OH excluding ortho intramolecular Hbond substituents is 1. The van der Waals surface area contributed by atoms with E-state index in [2.05, 4.69) is 10.6 Å². The summed E-state index contributed by atoms with van der Waals surface area (Å²) < 4.78 is 5.06. The molecule has 25 heavy (non-hydrogen) atoms. The van der Waals surface area contributed by atoms with Gasteiger partial charge in [-0.15, -0.1) is 0 Å². The number of benzene rings is 2. The van der Waals surface area contributed by atoms with Crippen LogP contribution in [0.1, 0.15) is 17.5 Å². The minimum Gasteiger partial charge on any atom is -0.508 e. The van der Waals surface area contributed by atoms with E-state index in [9.17, 15) is 14.7 Å². The molecule has 6 heteroatoms. The standard InChI is InChI=1S/C19H22N2O4/c22-17-8-6-15(7-9-17)10-12-20-18(23)11-13-21-19(24)25-14-16-4-2-1-3-5-16/h1-9,22H,10-14H2,(H,20,23)(H,21,24). The second-order valence-corrected chi connectivity index (χ2v) is 5.50. The Hall–Kier alpha value is -3.02. The van der Waals surface area contributed by atoms with Crippen molar-refractivity contribution in [3.8, 4) is 5.75 Å².